The average Bonchev–Trinajstić information content (AvgIpc) is 2.90. The lowest BCUT2D eigenvalue weighted by atomic mass is 9.99. The number of carbonyl (C=O) groups is 2. The Morgan fingerprint density at radius 3 is 2.55 bits per heavy atom. The summed E-state index contributed by atoms with van der Waals surface area (Å²) in [5.74, 6) is -1.40. The van der Waals surface area contributed by atoms with Crippen molar-refractivity contribution in [3.63, 3.8) is 0 Å². The highest BCUT2D eigenvalue weighted by Crippen LogP contribution is 2.20. The number of hydrogen-bond acceptors (Lipinski definition) is 3. The van der Waals surface area contributed by atoms with Crippen molar-refractivity contribution in [3.8, 4) is 0 Å². The van der Waals surface area contributed by atoms with Crippen LogP contribution in [0.15, 0.2) is 29.3 Å². The molecule has 6 heteroatoms. The zero-order valence-electron chi connectivity index (χ0n) is 10.4. The SMILES string of the molecule is [C-]#[N+]C(C(=O)c1ccc(Cl)cc1)C1=NC(C(=O)O)CC1. The molecule has 1 aromatic rings. The second-order valence-electron chi connectivity index (χ2n) is 4.42. The van der Waals surface area contributed by atoms with Gasteiger partial charge in [-0.15, -0.1) is 0 Å². The standard InChI is InChI=1S/C14H11ClN2O3/c1-16-12(10-6-7-11(17-10)14(19)20)13(18)8-2-4-9(15)5-3-8/h2-5,11-12H,6-7H2,(H,19,20). The van der Waals surface area contributed by atoms with Gasteiger partial charge >= 0.3 is 12.0 Å². The fourth-order valence-electron chi connectivity index (χ4n) is 2.06. The van der Waals surface area contributed by atoms with Crippen molar-refractivity contribution in [3.05, 3.63) is 46.3 Å². The van der Waals surface area contributed by atoms with E-state index in [1.807, 2.05) is 0 Å². The number of halogens is 1. The first-order chi connectivity index (χ1) is 9.52. The molecule has 1 heterocycles. The molecule has 0 fully saturated rings. The van der Waals surface area contributed by atoms with Crippen LogP contribution in [0.3, 0.4) is 0 Å². The Kier molecular flexibility index (Phi) is 4.16. The molecular weight excluding hydrogens is 280 g/mol. The number of benzene rings is 1. The predicted molar refractivity (Wildman–Crippen MR) is 74.3 cm³/mol. The second kappa shape index (κ2) is 5.85. The van der Waals surface area contributed by atoms with Gasteiger partial charge < -0.3 is 5.11 Å². The summed E-state index contributed by atoms with van der Waals surface area (Å²) in [4.78, 5) is 30.4. The number of Topliss-reactive ketones (excluding diaryl/α,β-unsaturated/α-hetero) is 1. The number of nitrogens with zero attached hydrogens (tertiary/aromatic N) is 2. The van der Waals surface area contributed by atoms with Gasteiger partial charge in [0.2, 0.25) is 0 Å². The third kappa shape index (κ3) is 2.86. The summed E-state index contributed by atoms with van der Waals surface area (Å²) in [5.41, 5.74) is 0.726. The second-order valence-corrected chi connectivity index (χ2v) is 4.85. The summed E-state index contributed by atoms with van der Waals surface area (Å²) in [6.07, 6.45) is 0.702. The summed E-state index contributed by atoms with van der Waals surface area (Å²) < 4.78 is 0. The van der Waals surface area contributed by atoms with E-state index >= 15 is 0 Å². The van der Waals surface area contributed by atoms with Gasteiger partial charge in [-0.2, -0.15) is 0 Å². The Morgan fingerprint density at radius 1 is 1.40 bits per heavy atom. The molecule has 0 spiro atoms. The molecule has 0 saturated carbocycles. The minimum atomic E-state index is -1.04. The number of aliphatic carboxylic acids is 1. The number of hydrogen-bond donors (Lipinski definition) is 1. The van der Waals surface area contributed by atoms with E-state index in [1.54, 1.807) is 24.3 Å². The lowest BCUT2D eigenvalue weighted by molar-refractivity contribution is -0.138. The van der Waals surface area contributed by atoms with E-state index in [1.165, 1.54) is 0 Å². The van der Waals surface area contributed by atoms with Gasteiger partial charge in [0.15, 0.2) is 0 Å². The number of carbonyl (C=O) groups excluding carboxylic acids is 1. The molecule has 2 unspecified atom stereocenters. The van der Waals surface area contributed by atoms with Gasteiger partial charge in [-0.1, -0.05) is 11.6 Å². The van der Waals surface area contributed by atoms with E-state index in [4.69, 9.17) is 23.3 Å². The van der Waals surface area contributed by atoms with Gasteiger partial charge in [-0.3, -0.25) is 14.6 Å². The Morgan fingerprint density at radius 2 is 2.05 bits per heavy atom. The molecule has 2 rings (SSSR count). The molecule has 1 aliphatic heterocycles. The molecule has 0 aliphatic carbocycles. The highest BCUT2D eigenvalue weighted by atomic mass is 35.5. The molecule has 1 aromatic carbocycles. The first kappa shape index (κ1) is 14.2. The van der Waals surface area contributed by atoms with Crippen LogP contribution < -0.4 is 0 Å². The van der Waals surface area contributed by atoms with E-state index in [0.717, 1.165) is 0 Å². The minimum Gasteiger partial charge on any atom is -0.480 e. The van der Waals surface area contributed by atoms with Gasteiger partial charge in [0, 0.05) is 10.6 Å². The molecule has 2 atom stereocenters. The number of rotatable bonds is 4. The monoisotopic (exact) mass is 290 g/mol. The summed E-state index contributed by atoms with van der Waals surface area (Å²) in [7, 11) is 0. The maximum absolute atomic E-state index is 12.3. The topological polar surface area (TPSA) is 71.1 Å². The fraction of sp³-hybridized carbons (Fsp3) is 0.286. The number of ketones is 1. The van der Waals surface area contributed by atoms with Crippen LogP contribution in [0, 0.1) is 6.57 Å². The van der Waals surface area contributed by atoms with E-state index in [0.29, 0.717) is 29.1 Å². The molecule has 0 saturated heterocycles. The smallest absolute Gasteiger partial charge is 0.328 e. The molecule has 0 radical (unpaired) electrons. The molecular formula is C14H11ClN2O3. The van der Waals surface area contributed by atoms with Crippen molar-refractivity contribution in [1.82, 2.24) is 0 Å². The molecule has 102 valence electrons. The molecule has 0 aromatic heterocycles. The Balaban J connectivity index is 2.23. The Labute approximate surface area is 120 Å². The van der Waals surface area contributed by atoms with Crippen molar-refractivity contribution in [2.75, 3.05) is 0 Å². The minimum absolute atomic E-state index is 0.338. The van der Waals surface area contributed by atoms with Gasteiger partial charge in [0.25, 0.3) is 5.78 Å². The van der Waals surface area contributed by atoms with Crippen LogP contribution in [-0.2, 0) is 4.79 Å². The maximum Gasteiger partial charge on any atom is 0.328 e. The summed E-state index contributed by atoms with van der Waals surface area (Å²) >= 11 is 5.75. The highest BCUT2D eigenvalue weighted by molar-refractivity contribution is 6.30. The van der Waals surface area contributed by atoms with E-state index < -0.39 is 18.1 Å². The van der Waals surface area contributed by atoms with Crippen LogP contribution in [-0.4, -0.2) is 34.7 Å². The maximum atomic E-state index is 12.3. The normalized spacial score (nSPS) is 19.0. The number of carboxylic acid groups (broad SMARTS) is 1. The van der Waals surface area contributed by atoms with E-state index in [-0.39, 0.29) is 5.78 Å². The lowest BCUT2D eigenvalue weighted by Crippen LogP contribution is -2.26. The van der Waals surface area contributed by atoms with Crippen molar-refractivity contribution in [1.29, 1.82) is 0 Å². The fourth-order valence-corrected chi connectivity index (χ4v) is 2.18. The zero-order chi connectivity index (χ0) is 14.7. The van der Waals surface area contributed by atoms with Crippen LogP contribution in [0.5, 0.6) is 0 Å². The first-order valence-corrected chi connectivity index (χ1v) is 6.36. The predicted octanol–water partition coefficient (Wildman–Crippen LogP) is 2.50. The van der Waals surface area contributed by atoms with Gasteiger partial charge in [-0.25, -0.2) is 11.4 Å². The van der Waals surface area contributed by atoms with Gasteiger partial charge in [0.05, 0.1) is 0 Å². The van der Waals surface area contributed by atoms with Crippen molar-refractivity contribution < 1.29 is 14.7 Å². The third-order valence-electron chi connectivity index (χ3n) is 3.10. The largest absolute Gasteiger partial charge is 0.480 e. The van der Waals surface area contributed by atoms with Gasteiger partial charge in [-0.05, 0) is 37.1 Å². The quantitative estimate of drug-likeness (QED) is 0.684. The van der Waals surface area contributed by atoms with E-state index in [9.17, 15) is 9.59 Å². The highest BCUT2D eigenvalue weighted by Gasteiger charge is 2.36. The van der Waals surface area contributed by atoms with Crippen LogP contribution in [0.2, 0.25) is 5.02 Å². The van der Waals surface area contributed by atoms with Crippen LogP contribution in [0.1, 0.15) is 23.2 Å². The molecule has 0 bridgehead atoms. The van der Waals surface area contributed by atoms with Crippen LogP contribution >= 0.6 is 11.6 Å². The summed E-state index contributed by atoms with van der Waals surface area (Å²) in [6.45, 7) is 7.17. The van der Waals surface area contributed by atoms with Crippen molar-refractivity contribution in [2.45, 2.75) is 24.9 Å². The molecule has 1 aliphatic rings. The molecule has 20 heavy (non-hydrogen) atoms. The molecule has 5 nitrogen and oxygen atoms in total. The van der Waals surface area contributed by atoms with E-state index in [2.05, 4.69) is 9.84 Å². The average molecular weight is 291 g/mol. The Hall–Kier alpha value is -2.19. The lowest BCUT2D eigenvalue weighted by Gasteiger charge is -2.04. The molecule has 0 amide bonds. The summed E-state index contributed by atoms with van der Waals surface area (Å²) in [6, 6.07) is 4.37. The first-order valence-electron chi connectivity index (χ1n) is 5.98. The zero-order valence-corrected chi connectivity index (χ0v) is 11.2. The van der Waals surface area contributed by atoms with Crippen LogP contribution in [0.4, 0.5) is 0 Å². The number of carboxylic acids is 1. The third-order valence-corrected chi connectivity index (χ3v) is 3.35. The van der Waals surface area contributed by atoms with Crippen molar-refractivity contribution in [2.24, 2.45) is 4.99 Å². The van der Waals surface area contributed by atoms with Crippen LogP contribution in [0.25, 0.3) is 4.85 Å². The summed E-state index contributed by atoms with van der Waals surface area (Å²) in [5, 5.41) is 9.39. The van der Waals surface area contributed by atoms with Gasteiger partial charge in [0.1, 0.15) is 11.8 Å². The number of aliphatic imine (C=N–C) groups is 1. The van der Waals surface area contributed by atoms with Crippen molar-refractivity contribution >= 4 is 29.1 Å². The Bertz CT molecular complexity index is 616. The molecule has 1 N–H and O–H groups in total.